The molecule has 0 aliphatic heterocycles. The number of amides is 4. The highest BCUT2D eigenvalue weighted by molar-refractivity contribution is 5.94. The number of aliphatic carboxylic acids is 1. The van der Waals surface area contributed by atoms with Crippen molar-refractivity contribution >= 4 is 29.6 Å². The van der Waals surface area contributed by atoms with Crippen molar-refractivity contribution in [3.05, 3.63) is 65.7 Å². The molecule has 12 nitrogen and oxygen atoms in total. The maximum Gasteiger partial charge on any atom is 0.325 e. The van der Waals surface area contributed by atoms with Gasteiger partial charge in [-0.1, -0.05) is 42.5 Å². The van der Waals surface area contributed by atoms with E-state index in [4.69, 9.17) is 10.8 Å². The second-order valence-electron chi connectivity index (χ2n) is 8.80. The van der Waals surface area contributed by atoms with E-state index in [9.17, 15) is 29.1 Å². The number of phenols is 1. The third kappa shape index (κ3) is 9.90. The van der Waals surface area contributed by atoms with Gasteiger partial charge in [-0.2, -0.15) is 0 Å². The monoisotopic (exact) mass is 527 g/mol. The van der Waals surface area contributed by atoms with Crippen molar-refractivity contribution in [2.45, 2.75) is 50.9 Å². The van der Waals surface area contributed by atoms with Gasteiger partial charge in [0.25, 0.3) is 0 Å². The summed E-state index contributed by atoms with van der Waals surface area (Å²) in [6.45, 7) is 2.25. The van der Waals surface area contributed by atoms with Crippen LogP contribution in [0.1, 0.15) is 25.0 Å². The van der Waals surface area contributed by atoms with Crippen LogP contribution in [0.4, 0.5) is 0 Å². The van der Waals surface area contributed by atoms with E-state index in [1.165, 1.54) is 26.0 Å². The van der Waals surface area contributed by atoms with Crippen molar-refractivity contribution < 1.29 is 34.2 Å². The second kappa shape index (κ2) is 14.3. The SMILES string of the molecule is CC(NC(=O)[C@H](Cc1ccccc1)NC(=O)CNC(=O)[C@@H](C)NC(=O)[C@@H](N)Cc1ccc(O)cc1)C(=O)O. The Kier molecular flexibility index (Phi) is 11.2. The highest BCUT2D eigenvalue weighted by Crippen LogP contribution is 2.11. The minimum absolute atomic E-state index is 0.0861. The molecular formula is C26H33N5O7. The number of aromatic hydroxyl groups is 1. The van der Waals surface area contributed by atoms with Crippen LogP contribution in [0.25, 0.3) is 0 Å². The Morgan fingerprint density at radius 3 is 1.95 bits per heavy atom. The molecule has 4 atom stereocenters. The van der Waals surface area contributed by atoms with Gasteiger partial charge in [0.2, 0.25) is 23.6 Å². The van der Waals surface area contributed by atoms with Gasteiger partial charge in [0.15, 0.2) is 0 Å². The molecule has 0 fully saturated rings. The van der Waals surface area contributed by atoms with Gasteiger partial charge in [-0.05, 0) is 43.5 Å². The van der Waals surface area contributed by atoms with E-state index in [-0.39, 0.29) is 18.6 Å². The Morgan fingerprint density at radius 1 is 0.763 bits per heavy atom. The number of hydrogen-bond donors (Lipinski definition) is 7. The average molecular weight is 528 g/mol. The number of nitrogens with one attached hydrogen (secondary N) is 4. The fourth-order valence-corrected chi connectivity index (χ4v) is 3.37. The molecule has 0 aromatic heterocycles. The summed E-state index contributed by atoms with van der Waals surface area (Å²) in [5.74, 6) is -3.73. The smallest absolute Gasteiger partial charge is 0.325 e. The lowest BCUT2D eigenvalue weighted by molar-refractivity contribution is -0.141. The molecule has 2 aromatic rings. The lowest BCUT2D eigenvalue weighted by atomic mass is 10.0. The molecule has 1 unspecified atom stereocenters. The molecule has 2 rings (SSSR count). The predicted molar refractivity (Wildman–Crippen MR) is 138 cm³/mol. The normalized spacial score (nSPS) is 13.8. The van der Waals surface area contributed by atoms with Crippen LogP contribution in [-0.4, -0.2) is 70.5 Å². The number of phenolic OH excluding ortho intramolecular Hbond substituents is 1. The zero-order chi connectivity index (χ0) is 28.2. The Hall–Kier alpha value is -4.45. The zero-order valence-corrected chi connectivity index (χ0v) is 21.1. The number of carboxylic acid groups (broad SMARTS) is 1. The number of hydrogen-bond acceptors (Lipinski definition) is 7. The van der Waals surface area contributed by atoms with Crippen molar-refractivity contribution in [3.8, 4) is 5.75 Å². The molecule has 0 saturated carbocycles. The van der Waals surface area contributed by atoms with Gasteiger partial charge in [0.05, 0.1) is 12.6 Å². The molecule has 0 saturated heterocycles. The summed E-state index contributed by atoms with van der Waals surface area (Å²) >= 11 is 0. The summed E-state index contributed by atoms with van der Waals surface area (Å²) in [4.78, 5) is 61.0. The minimum Gasteiger partial charge on any atom is -0.508 e. The summed E-state index contributed by atoms with van der Waals surface area (Å²) in [6, 6.07) is 10.8. The highest BCUT2D eigenvalue weighted by atomic mass is 16.4. The van der Waals surface area contributed by atoms with Crippen molar-refractivity contribution in [2.24, 2.45) is 5.73 Å². The molecule has 0 bridgehead atoms. The van der Waals surface area contributed by atoms with Gasteiger partial charge in [0, 0.05) is 6.42 Å². The van der Waals surface area contributed by atoms with Crippen molar-refractivity contribution in [1.82, 2.24) is 21.3 Å². The minimum atomic E-state index is -1.23. The van der Waals surface area contributed by atoms with Crippen LogP contribution in [-0.2, 0) is 36.8 Å². The molecule has 0 spiro atoms. The van der Waals surface area contributed by atoms with Gasteiger partial charge in [0.1, 0.15) is 23.9 Å². The highest BCUT2D eigenvalue weighted by Gasteiger charge is 2.25. The lowest BCUT2D eigenvalue weighted by Crippen LogP contribution is -2.55. The maximum absolute atomic E-state index is 12.6. The van der Waals surface area contributed by atoms with Crippen LogP contribution in [0, 0.1) is 0 Å². The summed E-state index contributed by atoms with van der Waals surface area (Å²) < 4.78 is 0. The molecule has 4 amide bonds. The van der Waals surface area contributed by atoms with Crippen LogP contribution in [0.15, 0.2) is 54.6 Å². The quantitative estimate of drug-likeness (QED) is 0.175. The number of rotatable bonds is 13. The average Bonchev–Trinajstić information content (AvgIpc) is 2.88. The first kappa shape index (κ1) is 29.8. The van der Waals surface area contributed by atoms with Crippen LogP contribution in [0.2, 0.25) is 0 Å². The number of nitrogens with two attached hydrogens (primary N) is 1. The lowest BCUT2D eigenvalue weighted by Gasteiger charge is -2.21. The van der Waals surface area contributed by atoms with Crippen molar-refractivity contribution in [2.75, 3.05) is 6.54 Å². The third-order valence-corrected chi connectivity index (χ3v) is 5.57. The number of carbonyl (C=O) groups is 5. The van der Waals surface area contributed by atoms with Crippen LogP contribution in [0.3, 0.4) is 0 Å². The molecular weight excluding hydrogens is 494 g/mol. The van der Waals surface area contributed by atoms with E-state index >= 15 is 0 Å². The van der Waals surface area contributed by atoms with E-state index in [2.05, 4.69) is 21.3 Å². The summed E-state index contributed by atoms with van der Waals surface area (Å²) in [5.41, 5.74) is 7.38. The predicted octanol–water partition coefficient (Wildman–Crippen LogP) is -0.800. The van der Waals surface area contributed by atoms with E-state index in [0.29, 0.717) is 0 Å². The molecule has 0 aliphatic rings. The largest absolute Gasteiger partial charge is 0.508 e. The summed E-state index contributed by atoms with van der Waals surface area (Å²) in [6.07, 6.45) is 0.290. The Morgan fingerprint density at radius 2 is 1.34 bits per heavy atom. The van der Waals surface area contributed by atoms with Crippen LogP contribution >= 0.6 is 0 Å². The van der Waals surface area contributed by atoms with Gasteiger partial charge in [-0.15, -0.1) is 0 Å². The topological polar surface area (TPSA) is 200 Å². The van der Waals surface area contributed by atoms with E-state index in [1.54, 1.807) is 42.5 Å². The van der Waals surface area contributed by atoms with E-state index < -0.39 is 60.3 Å². The van der Waals surface area contributed by atoms with Crippen molar-refractivity contribution in [1.29, 1.82) is 0 Å². The molecule has 8 N–H and O–H groups in total. The maximum atomic E-state index is 12.6. The fourth-order valence-electron chi connectivity index (χ4n) is 3.37. The first-order valence-electron chi connectivity index (χ1n) is 11.9. The van der Waals surface area contributed by atoms with Gasteiger partial charge < -0.3 is 37.2 Å². The first-order valence-corrected chi connectivity index (χ1v) is 11.9. The standard InChI is InChI=1S/C26H33N5O7/c1-15(29-24(35)20(27)12-18-8-10-19(32)11-9-18)23(34)28-14-22(33)31-21(13-17-6-4-3-5-7-17)25(36)30-16(2)26(37)38/h3-11,15-16,20-21,32H,12-14,27H2,1-2H3,(H,28,34)(H,29,35)(H,30,36)(H,31,33)(H,37,38)/t15-,16?,20+,21+/m1/s1. The number of benzene rings is 2. The summed E-state index contributed by atoms with van der Waals surface area (Å²) in [5, 5.41) is 28.1. The van der Waals surface area contributed by atoms with Crippen molar-refractivity contribution in [3.63, 3.8) is 0 Å². The van der Waals surface area contributed by atoms with E-state index in [1.807, 2.05) is 0 Å². The van der Waals surface area contributed by atoms with E-state index in [0.717, 1.165) is 11.1 Å². The van der Waals surface area contributed by atoms with Gasteiger partial charge in [-0.3, -0.25) is 24.0 Å². The summed E-state index contributed by atoms with van der Waals surface area (Å²) in [7, 11) is 0. The van der Waals surface area contributed by atoms with Crippen LogP contribution < -0.4 is 27.0 Å². The molecule has 204 valence electrons. The molecule has 0 radical (unpaired) electrons. The molecule has 0 aliphatic carbocycles. The fraction of sp³-hybridized carbons (Fsp3) is 0.346. The zero-order valence-electron chi connectivity index (χ0n) is 21.1. The third-order valence-electron chi connectivity index (χ3n) is 5.57. The Labute approximate surface area is 220 Å². The second-order valence-corrected chi connectivity index (χ2v) is 8.80. The molecule has 12 heteroatoms. The Bertz CT molecular complexity index is 1120. The molecule has 0 heterocycles. The number of carbonyl (C=O) groups excluding carboxylic acids is 4. The van der Waals surface area contributed by atoms with Crippen LogP contribution in [0.5, 0.6) is 5.75 Å². The van der Waals surface area contributed by atoms with Gasteiger partial charge >= 0.3 is 5.97 Å². The Balaban J connectivity index is 1.88. The van der Waals surface area contributed by atoms with Gasteiger partial charge in [-0.25, -0.2) is 0 Å². The first-order chi connectivity index (χ1) is 18.0. The molecule has 38 heavy (non-hydrogen) atoms. The number of carboxylic acids is 1. The molecule has 2 aromatic carbocycles.